The van der Waals surface area contributed by atoms with Crippen molar-refractivity contribution >= 4 is 23.6 Å². The van der Waals surface area contributed by atoms with Gasteiger partial charge in [0.2, 0.25) is 23.6 Å². The highest BCUT2D eigenvalue weighted by Crippen LogP contribution is 2.18. The molecule has 41 heavy (non-hydrogen) atoms. The van der Waals surface area contributed by atoms with Crippen LogP contribution in [-0.2, 0) is 32.1 Å². The Kier molecular flexibility index (Phi) is 11.7. The molecule has 2 aromatic carbocycles. The maximum Gasteiger partial charge on any atom is 0.243 e. The van der Waals surface area contributed by atoms with Crippen LogP contribution < -0.4 is 26.0 Å². The van der Waals surface area contributed by atoms with Crippen LogP contribution in [-0.4, -0.2) is 60.6 Å². The monoisotopic (exact) mass is 566 g/mol. The molecule has 0 aromatic heterocycles. The summed E-state index contributed by atoms with van der Waals surface area (Å²) in [6.45, 7) is 5.68. The van der Waals surface area contributed by atoms with E-state index in [1.54, 1.807) is 0 Å². The predicted octanol–water partition coefficient (Wildman–Crippen LogP) is 1.91. The number of aliphatic hydroxyl groups is 1. The third-order valence-electron chi connectivity index (χ3n) is 7.15. The lowest BCUT2D eigenvalue weighted by Crippen LogP contribution is -2.56. The Bertz CT molecular complexity index is 1200. The van der Waals surface area contributed by atoms with Crippen LogP contribution in [0.15, 0.2) is 48.5 Å². The minimum atomic E-state index is -1.23. The number of aryl methyl sites for hydroxylation is 2. The molecular weight excluding hydrogens is 524 g/mol. The van der Waals surface area contributed by atoms with Gasteiger partial charge in [-0.2, -0.15) is 0 Å². The van der Waals surface area contributed by atoms with Crippen molar-refractivity contribution in [2.24, 2.45) is 5.41 Å². The van der Waals surface area contributed by atoms with E-state index in [-0.39, 0.29) is 18.9 Å². The van der Waals surface area contributed by atoms with Crippen LogP contribution in [0.4, 0.5) is 0 Å². The SMILES string of the molecule is Cc1ccc2cc1CNC(=O)[C@H](CCc1ccccc1)NC(=O)[C@@H](NC(=O)C(C)(C)CO)CC(=O)NCCCCO2. The minimum absolute atomic E-state index is 0.243. The molecule has 2 atom stereocenters. The van der Waals surface area contributed by atoms with E-state index in [0.29, 0.717) is 44.6 Å². The maximum absolute atomic E-state index is 13.5. The van der Waals surface area contributed by atoms with Gasteiger partial charge >= 0.3 is 0 Å². The molecule has 0 saturated carbocycles. The van der Waals surface area contributed by atoms with Crippen LogP contribution >= 0.6 is 0 Å². The van der Waals surface area contributed by atoms with E-state index < -0.39 is 41.8 Å². The summed E-state index contributed by atoms with van der Waals surface area (Å²) < 4.78 is 5.88. The molecule has 0 spiro atoms. The van der Waals surface area contributed by atoms with Gasteiger partial charge in [0.05, 0.1) is 25.0 Å². The molecule has 1 heterocycles. The molecule has 2 bridgehead atoms. The van der Waals surface area contributed by atoms with Crippen LogP contribution in [0.25, 0.3) is 0 Å². The van der Waals surface area contributed by atoms with E-state index in [0.717, 1.165) is 16.7 Å². The Morgan fingerprint density at radius 1 is 1.05 bits per heavy atom. The highest BCUT2D eigenvalue weighted by Gasteiger charge is 2.33. The minimum Gasteiger partial charge on any atom is -0.494 e. The maximum atomic E-state index is 13.5. The fourth-order valence-corrected chi connectivity index (χ4v) is 4.27. The van der Waals surface area contributed by atoms with Crippen LogP contribution in [0.5, 0.6) is 5.75 Å². The van der Waals surface area contributed by atoms with Crippen molar-refractivity contribution in [3.63, 3.8) is 0 Å². The number of hydrogen-bond acceptors (Lipinski definition) is 6. The number of carbonyl (C=O) groups excluding carboxylic acids is 4. The molecule has 10 heteroatoms. The molecule has 1 aliphatic heterocycles. The summed E-state index contributed by atoms with van der Waals surface area (Å²) in [6.07, 6.45) is 1.89. The van der Waals surface area contributed by atoms with Gasteiger partial charge in [-0.1, -0.05) is 36.4 Å². The van der Waals surface area contributed by atoms with E-state index in [1.165, 1.54) is 13.8 Å². The molecule has 0 fully saturated rings. The molecule has 0 saturated heterocycles. The lowest BCUT2D eigenvalue weighted by molar-refractivity contribution is -0.137. The number of amides is 4. The second-order valence-corrected chi connectivity index (χ2v) is 11.1. The summed E-state index contributed by atoms with van der Waals surface area (Å²) in [4.78, 5) is 52.5. The second kappa shape index (κ2) is 15.2. The van der Waals surface area contributed by atoms with Crippen LogP contribution in [0.2, 0.25) is 0 Å². The molecule has 222 valence electrons. The van der Waals surface area contributed by atoms with E-state index >= 15 is 0 Å². The zero-order valence-corrected chi connectivity index (χ0v) is 24.1. The van der Waals surface area contributed by atoms with Gasteiger partial charge < -0.3 is 31.1 Å². The summed E-state index contributed by atoms with van der Waals surface area (Å²) in [5.41, 5.74) is 1.73. The van der Waals surface area contributed by atoms with Gasteiger partial charge in [0.15, 0.2) is 0 Å². The number of hydrogen-bond donors (Lipinski definition) is 5. The molecular formula is C31H42N4O6. The Labute approximate surface area is 241 Å². The first-order chi connectivity index (χ1) is 19.6. The summed E-state index contributed by atoms with van der Waals surface area (Å²) in [6, 6.07) is 13.2. The lowest BCUT2D eigenvalue weighted by Gasteiger charge is -2.27. The van der Waals surface area contributed by atoms with E-state index in [1.807, 2.05) is 55.5 Å². The van der Waals surface area contributed by atoms with Crippen molar-refractivity contribution in [1.29, 1.82) is 0 Å². The number of benzene rings is 2. The van der Waals surface area contributed by atoms with Gasteiger partial charge in [0, 0.05) is 13.1 Å². The van der Waals surface area contributed by atoms with Gasteiger partial charge in [-0.15, -0.1) is 0 Å². The van der Waals surface area contributed by atoms with Crippen molar-refractivity contribution in [2.45, 2.75) is 71.5 Å². The van der Waals surface area contributed by atoms with Crippen molar-refractivity contribution in [1.82, 2.24) is 21.3 Å². The number of carbonyl (C=O) groups is 4. The fraction of sp³-hybridized carbons (Fsp3) is 0.484. The molecule has 1 aliphatic rings. The first-order valence-electron chi connectivity index (χ1n) is 14.1. The zero-order chi connectivity index (χ0) is 29.8. The molecule has 0 aliphatic carbocycles. The van der Waals surface area contributed by atoms with Gasteiger partial charge in [0.25, 0.3) is 0 Å². The van der Waals surface area contributed by atoms with Crippen molar-refractivity contribution in [3.8, 4) is 5.75 Å². The second-order valence-electron chi connectivity index (χ2n) is 11.1. The summed E-state index contributed by atoms with van der Waals surface area (Å²) >= 11 is 0. The first kappa shape index (κ1) is 31.6. The average molecular weight is 567 g/mol. The third kappa shape index (κ3) is 9.89. The molecule has 3 rings (SSSR count). The Hall–Kier alpha value is -3.92. The molecule has 4 amide bonds. The normalized spacial score (nSPS) is 19.5. The Balaban J connectivity index is 1.86. The van der Waals surface area contributed by atoms with Crippen LogP contribution in [0.3, 0.4) is 0 Å². The summed E-state index contributed by atoms with van der Waals surface area (Å²) in [5.74, 6) is -1.33. The molecule has 5 N–H and O–H groups in total. The van der Waals surface area contributed by atoms with Gasteiger partial charge in [0.1, 0.15) is 17.8 Å². The average Bonchev–Trinajstić information content (AvgIpc) is 2.96. The zero-order valence-electron chi connectivity index (χ0n) is 24.1. The van der Waals surface area contributed by atoms with Crippen molar-refractivity contribution < 1.29 is 29.0 Å². The lowest BCUT2D eigenvalue weighted by atomic mass is 9.93. The molecule has 2 aromatic rings. The van der Waals surface area contributed by atoms with Crippen LogP contribution in [0.1, 0.15) is 56.2 Å². The first-order valence-corrected chi connectivity index (χ1v) is 14.1. The van der Waals surface area contributed by atoms with Crippen molar-refractivity contribution in [3.05, 3.63) is 65.2 Å². The smallest absolute Gasteiger partial charge is 0.243 e. The number of fused-ring (bicyclic) bond motifs is 2. The number of ether oxygens (including phenoxy) is 1. The summed E-state index contributed by atoms with van der Waals surface area (Å²) in [5, 5.41) is 20.7. The topological polar surface area (TPSA) is 146 Å². The van der Waals surface area contributed by atoms with Crippen molar-refractivity contribution in [2.75, 3.05) is 19.8 Å². The van der Waals surface area contributed by atoms with Crippen LogP contribution in [0, 0.1) is 12.3 Å². The van der Waals surface area contributed by atoms with E-state index in [9.17, 15) is 24.3 Å². The molecule has 10 nitrogen and oxygen atoms in total. The Morgan fingerprint density at radius 3 is 2.54 bits per heavy atom. The van der Waals surface area contributed by atoms with Gasteiger partial charge in [-0.3, -0.25) is 19.2 Å². The third-order valence-corrected chi connectivity index (χ3v) is 7.15. The predicted molar refractivity (Wildman–Crippen MR) is 155 cm³/mol. The van der Waals surface area contributed by atoms with E-state index in [4.69, 9.17) is 4.74 Å². The quantitative estimate of drug-likeness (QED) is 0.361. The highest BCUT2D eigenvalue weighted by molar-refractivity contribution is 5.95. The summed E-state index contributed by atoms with van der Waals surface area (Å²) in [7, 11) is 0. The molecule has 0 radical (unpaired) electrons. The number of aliphatic hydroxyl groups excluding tert-OH is 1. The van der Waals surface area contributed by atoms with E-state index in [2.05, 4.69) is 21.3 Å². The largest absolute Gasteiger partial charge is 0.494 e. The Morgan fingerprint density at radius 2 is 1.80 bits per heavy atom. The molecule has 0 unspecified atom stereocenters. The number of rotatable bonds is 6. The number of nitrogens with one attached hydrogen (secondary N) is 4. The fourth-order valence-electron chi connectivity index (χ4n) is 4.27. The highest BCUT2D eigenvalue weighted by atomic mass is 16.5. The van der Waals surface area contributed by atoms with Gasteiger partial charge in [-0.25, -0.2) is 0 Å². The standard InChI is InChI=1S/C31H42N4O6/c1-21-11-13-24-17-23(21)19-33-28(38)25(14-12-22-9-5-4-6-10-22)34-29(39)26(35-30(40)31(2,3)20-36)18-27(37)32-15-7-8-16-41-24/h4-6,9-11,13,17,25-26,36H,7-8,12,14-16,18-20H2,1-3H3,(H,32,37)(H,33,38)(H,34,39)(H,35,40)/t25-,26-/m0/s1. The van der Waals surface area contributed by atoms with Gasteiger partial charge in [-0.05, 0) is 75.3 Å².